The quantitative estimate of drug-likeness (QED) is 0.614. The maximum Gasteiger partial charge on any atom is 0.250 e. The van der Waals surface area contributed by atoms with Crippen molar-refractivity contribution < 1.29 is 13.5 Å². The molecule has 1 unspecified atom stereocenters. The van der Waals surface area contributed by atoms with Crippen LogP contribution in [0.1, 0.15) is 19.4 Å². The highest BCUT2D eigenvalue weighted by Crippen LogP contribution is 2.34. The number of hydrogen-bond donors (Lipinski definition) is 3. The van der Waals surface area contributed by atoms with Crippen LogP contribution in [0.2, 0.25) is 0 Å². The number of nitrogens with zero attached hydrogens (tertiary/aromatic N) is 1. The maximum absolute atomic E-state index is 12.6. The first-order chi connectivity index (χ1) is 11.4. The fraction of sp³-hybridized carbons (Fsp3) is 0.235. The number of nitrogen functional groups attached to an aromatic ring is 1. The van der Waals surface area contributed by atoms with Crippen molar-refractivity contribution in [1.29, 1.82) is 0 Å². The van der Waals surface area contributed by atoms with Crippen molar-refractivity contribution in [3.63, 3.8) is 0 Å². The second-order valence-corrected chi connectivity index (χ2v) is 8.40. The van der Waals surface area contributed by atoms with Crippen LogP contribution in [-0.2, 0) is 21.0 Å². The predicted molar refractivity (Wildman–Crippen MR) is 95.4 cm³/mol. The number of aromatic nitrogens is 2. The molecular weight excluding hydrogens is 326 g/mol. The zero-order valence-corrected chi connectivity index (χ0v) is 14.3. The van der Waals surface area contributed by atoms with Crippen LogP contribution in [0.5, 0.6) is 5.75 Å². The molecule has 0 radical (unpaired) electrons. The van der Waals surface area contributed by atoms with E-state index in [4.69, 9.17) is 10.5 Å². The van der Waals surface area contributed by atoms with Crippen molar-refractivity contribution in [2.75, 3.05) is 5.73 Å². The molecule has 0 aliphatic carbocycles. The molecule has 0 spiro atoms. The molecule has 3 aromatic rings. The van der Waals surface area contributed by atoms with E-state index in [0.29, 0.717) is 28.2 Å². The second kappa shape index (κ2) is 6.26. The largest absolute Gasteiger partial charge is 0.486 e. The number of nitrogens with one attached hydrogen (secondary N) is 1. The average molecular weight is 346 g/mol. The van der Waals surface area contributed by atoms with Crippen molar-refractivity contribution in [3.05, 3.63) is 48.0 Å². The van der Waals surface area contributed by atoms with Gasteiger partial charge in [-0.2, -0.15) is 9.65 Å². The standard InChI is InChI=1S/C17H19N3O3S/c1-11(2)24(21,22)13-8-14-16(19-20-17(14)18)15(9-13)23-10-12-6-4-3-5-7-12/h3-9,11H,10H2,1-2H3,(H3-,18,19,20,21,22)/p+1. The van der Waals surface area contributed by atoms with Gasteiger partial charge in [-0.15, -0.1) is 0 Å². The van der Waals surface area contributed by atoms with Gasteiger partial charge in [0.05, 0.1) is 5.39 Å². The molecule has 2 aromatic carbocycles. The summed E-state index contributed by atoms with van der Waals surface area (Å²) in [6, 6.07) is 12.9. The van der Waals surface area contributed by atoms with Gasteiger partial charge >= 0.3 is 0 Å². The van der Waals surface area contributed by atoms with E-state index < -0.39 is 15.5 Å². The molecule has 0 amide bonds. The van der Waals surface area contributed by atoms with E-state index >= 15 is 0 Å². The van der Waals surface area contributed by atoms with E-state index in [0.717, 1.165) is 5.56 Å². The molecule has 7 heteroatoms. The Hall–Kier alpha value is -2.38. The third-order valence-corrected chi connectivity index (χ3v) is 6.04. The first-order valence-electron chi connectivity index (χ1n) is 7.59. The van der Waals surface area contributed by atoms with E-state index in [1.54, 1.807) is 26.0 Å². The summed E-state index contributed by atoms with van der Waals surface area (Å²) >= 11 is 0. The predicted octanol–water partition coefficient (Wildman–Crippen LogP) is 3.46. The number of hydrogen-bond acceptors (Lipinski definition) is 4. The lowest BCUT2D eigenvalue weighted by atomic mass is 10.2. The van der Waals surface area contributed by atoms with Crippen LogP contribution in [0.25, 0.3) is 10.9 Å². The fourth-order valence-corrected chi connectivity index (χ4v) is 3.48. The number of rotatable bonds is 5. The van der Waals surface area contributed by atoms with Gasteiger partial charge in [-0.05, 0) is 19.4 Å². The first kappa shape index (κ1) is 16.5. The first-order valence-corrected chi connectivity index (χ1v) is 9.17. The van der Waals surface area contributed by atoms with Crippen molar-refractivity contribution in [3.8, 4) is 5.75 Å². The van der Waals surface area contributed by atoms with Gasteiger partial charge in [0.25, 0.3) is 0 Å². The Morgan fingerprint density at radius 1 is 1.29 bits per heavy atom. The Bertz CT molecular complexity index is 906. The summed E-state index contributed by atoms with van der Waals surface area (Å²) in [7, 11) is -3.20. The highest BCUT2D eigenvalue weighted by Gasteiger charge is 2.35. The lowest BCUT2D eigenvalue weighted by molar-refractivity contribution is 0.308. The number of anilines is 1. The number of benzene rings is 2. The van der Waals surface area contributed by atoms with Gasteiger partial charge in [0, 0.05) is 12.1 Å². The summed E-state index contributed by atoms with van der Waals surface area (Å²) in [5.41, 5.74) is 7.48. The number of aromatic amines is 1. The number of nitrogens with two attached hydrogens (primary N) is 1. The average Bonchev–Trinajstić information content (AvgIpc) is 2.95. The smallest absolute Gasteiger partial charge is 0.250 e. The van der Waals surface area contributed by atoms with Gasteiger partial charge in [0.15, 0.2) is 21.7 Å². The van der Waals surface area contributed by atoms with E-state index in [9.17, 15) is 8.76 Å². The van der Waals surface area contributed by atoms with E-state index in [2.05, 4.69) is 10.2 Å². The number of fused-ring (bicyclic) bond motifs is 1. The van der Waals surface area contributed by atoms with E-state index in [1.807, 2.05) is 30.3 Å². The second-order valence-electron chi connectivity index (χ2n) is 5.84. The van der Waals surface area contributed by atoms with Crippen LogP contribution in [-0.4, -0.2) is 20.0 Å². The Morgan fingerprint density at radius 3 is 2.67 bits per heavy atom. The highest BCUT2D eigenvalue weighted by molar-refractivity contribution is 7.98. The zero-order valence-electron chi connectivity index (χ0n) is 13.5. The van der Waals surface area contributed by atoms with Crippen molar-refractivity contribution in [2.24, 2.45) is 0 Å². The van der Waals surface area contributed by atoms with Crippen LogP contribution < -0.4 is 10.5 Å². The van der Waals surface area contributed by atoms with Gasteiger partial charge in [0.1, 0.15) is 12.1 Å². The lowest BCUT2D eigenvalue weighted by Gasteiger charge is -2.11. The highest BCUT2D eigenvalue weighted by atomic mass is 32.3. The minimum Gasteiger partial charge on any atom is -0.486 e. The van der Waals surface area contributed by atoms with Crippen molar-refractivity contribution >= 4 is 26.9 Å². The number of H-pyrrole nitrogens is 1. The molecule has 126 valence electrons. The van der Waals surface area contributed by atoms with Gasteiger partial charge in [-0.3, -0.25) is 5.10 Å². The summed E-state index contributed by atoms with van der Waals surface area (Å²) in [6.07, 6.45) is 0. The molecule has 0 saturated heterocycles. The molecule has 1 atom stereocenters. The van der Waals surface area contributed by atoms with Gasteiger partial charge in [-0.1, -0.05) is 34.5 Å². The number of ether oxygens (including phenoxy) is 1. The molecule has 0 bridgehead atoms. The molecule has 0 saturated carbocycles. The van der Waals surface area contributed by atoms with Crippen molar-refractivity contribution in [1.82, 2.24) is 10.2 Å². The Kier molecular flexibility index (Phi) is 4.29. The molecule has 3 rings (SSSR count). The monoisotopic (exact) mass is 346 g/mol. The third kappa shape index (κ3) is 3.00. The molecule has 6 nitrogen and oxygen atoms in total. The topological polar surface area (TPSA) is 101 Å². The molecule has 0 aliphatic heterocycles. The summed E-state index contributed by atoms with van der Waals surface area (Å²) in [4.78, 5) is 0.293. The Morgan fingerprint density at radius 2 is 2.00 bits per heavy atom. The molecule has 0 aliphatic rings. The fourth-order valence-electron chi connectivity index (χ4n) is 2.37. The Balaban J connectivity index is 2.04. The summed E-state index contributed by atoms with van der Waals surface area (Å²) < 4.78 is 28.9. The van der Waals surface area contributed by atoms with Crippen LogP contribution in [0.3, 0.4) is 0 Å². The minimum absolute atomic E-state index is 0.273. The van der Waals surface area contributed by atoms with Crippen LogP contribution >= 0.6 is 0 Å². The molecular formula is C17H20N3O3S+. The maximum atomic E-state index is 12.6. The van der Waals surface area contributed by atoms with Gasteiger partial charge < -0.3 is 10.5 Å². The molecule has 1 aromatic heterocycles. The van der Waals surface area contributed by atoms with Gasteiger partial charge in [-0.25, -0.2) is 0 Å². The summed E-state index contributed by atoms with van der Waals surface area (Å²) in [5, 5.41) is 6.96. The summed E-state index contributed by atoms with van der Waals surface area (Å²) in [6.45, 7) is 3.75. The SMILES string of the molecule is CC(C)[S+](=O)(O)c1cc(OCc2ccccc2)c2[nH]nc(N)c2c1. The zero-order chi connectivity index (χ0) is 17.3. The van der Waals surface area contributed by atoms with Crippen LogP contribution in [0.4, 0.5) is 5.82 Å². The third-order valence-electron chi connectivity index (χ3n) is 3.85. The minimum atomic E-state index is -3.20. The van der Waals surface area contributed by atoms with Gasteiger partial charge in [0.2, 0.25) is 10.2 Å². The summed E-state index contributed by atoms with van der Waals surface area (Å²) in [5.74, 6) is 0.730. The lowest BCUT2D eigenvalue weighted by Crippen LogP contribution is -2.21. The molecule has 4 N–H and O–H groups in total. The van der Waals surface area contributed by atoms with Crippen LogP contribution in [0.15, 0.2) is 47.4 Å². The Labute approximate surface area is 141 Å². The van der Waals surface area contributed by atoms with E-state index in [-0.39, 0.29) is 5.82 Å². The van der Waals surface area contributed by atoms with Crippen LogP contribution in [0, 0.1) is 0 Å². The van der Waals surface area contributed by atoms with E-state index in [1.165, 1.54) is 0 Å². The molecule has 0 fully saturated rings. The van der Waals surface area contributed by atoms with Crippen molar-refractivity contribution in [2.45, 2.75) is 30.6 Å². The normalized spacial score (nSPS) is 14.0. The molecule has 1 heterocycles. The molecule has 24 heavy (non-hydrogen) atoms.